The molecule has 0 radical (unpaired) electrons. The maximum atomic E-state index is 11.4. The summed E-state index contributed by atoms with van der Waals surface area (Å²) in [6.45, 7) is 0.509. The average molecular weight is 294 g/mol. The van der Waals surface area contributed by atoms with Gasteiger partial charge in [-0.3, -0.25) is 4.79 Å². The molecule has 0 unspecified atom stereocenters. The zero-order chi connectivity index (χ0) is 14.6. The lowest BCUT2D eigenvalue weighted by atomic mass is 10.1. The zero-order valence-corrected chi connectivity index (χ0v) is 11.4. The number of hydrogen-bond acceptors (Lipinski definition) is 5. The van der Waals surface area contributed by atoms with Crippen LogP contribution in [0.3, 0.4) is 0 Å². The molecule has 1 aromatic carbocycles. The Balaban J connectivity index is 1.95. The van der Waals surface area contributed by atoms with E-state index in [1.165, 1.54) is 24.5 Å². The van der Waals surface area contributed by atoms with Crippen molar-refractivity contribution in [1.82, 2.24) is 9.97 Å². The molecule has 0 spiro atoms. The number of H-pyrrole nitrogens is 1. The fourth-order valence-electron chi connectivity index (χ4n) is 1.65. The van der Waals surface area contributed by atoms with Gasteiger partial charge in [0.05, 0.1) is 4.90 Å². The molecular weight excluding hydrogens is 280 g/mol. The lowest BCUT2D eigenvalue weighted by molar-refractivity contribution is 0.598. The van der Waals surface area contributed by atoms with Gasteiger partial charge >= 0.3 is 0 Å². The second kappa shape index (κ2) is 5.85. The number of primary sulfonamides is 1. The summed E-state index contributed by atoms with van der Waals surface area (Å²) in [4.78, 5) is 17.9. The third-order valence-corrected chi connectivity index (χ3v) is 3.59. The number of aromatic nitrogens is 2. The average Bonchev–Trinajstić information content (AvgIpc) is 2.40. The first-order chi connectivity index (χ1) is 9.47. The summed E-state index contributed by atoms with van der Waals surface area (Å²) in [6.07, 6.45) is 3.57. The topological polar surface area (TPSA) is 118 Å². The first-order valence-electron chi connectivity index (χ1n) is 5.86. The first kappa shape index (κ1) is 14.2. The van der Waals surface area contributed by atoms with Gasteiger partial charge in [0.15, 0.2) is 5.82 Å². The highest BCUT2D eigenvalue weighted by Gasteiger charge is 2.06. The van der Waals surface area contributed by atoms with Gasteiger partial charge in [-0.25, -0.2) is 18.5 Å². The fourth-order valence-corrected chi connectivity index (χ4v) is 2.16. The molecule has 0 bridgehead atoms. The van der Waals surface area contributed by atoms with Crippen molar-refractivity contribution in [1.29, 1.82) is 0 Å². The normalized spacial score (nSPS) is 11.2. The Bertz CT molecular complexity index is 738. The third kappa shape index (κ3) is 3.65. The van der Waals surface area contributed by atoms with Crippen LogP contribution >= 0.6 is 0 Å². The smallest absolute Gasteiger partial charge is 0.290 e. The van der Waals surface area contributed by atoms with E-state index in [0.29, 0.717) is 13.0 Å². The zero-order valence-electron chi connectivity index (χ0n) is 10.5. The molecule has 2 rings (SSSR count). The van der Waals surface area contributed by atoms with Crippen LogP contribution in [0.1, 0.15) is 5.56 Å². The van der Waals surface area contributed by atoms with Crippen molar-refractivity contribution < 1.29 is 8.42 Å². The molecule has 7 nitrogen and oxygen atoms in total. The molecule has 1 aromatic heterocycles. The predicted octanol–water partition coefficient (Wildman–Crippen LogP) is 0.0719. The van der Waals surface area contributed by atoms with Crippen molar-refractivity contribution in [3.63, 3.8) is 0 Å². The third-order valence-electron chi connectivity index (χ3n) is 2.67. The van der Waals surface area contributed by atoms with Crippen molar-refractivity contribution in [2.45, 2.75) is 11.3 Å². The standard InChI is InChI=1S/C12H14N4O3S/c13-20(18,19)10-3-1-9(2-4-10)5-6-14-11-12(17)16-8-7-15-11/h1-4,7-8H,5-6H2,(H,14,15)(H,16,17)(H2,13,18,19). The van der Waals surface area contributed by atoms with Crippen LogP contribution in [0.25, 0.3) is 0 Å². The van der Waals surface area contributed by atoms with Crippen LogP contribution in [-0.4, -0.2) is 24.9 Å². The lowest BCUT2D eigenvalue weighted by Crippen LogP contribution is -2.17. The number of nitrogens with zero attached hydrogens (tertiary/aromatic N) is 1. The molecule has 0 aliphatic heterocycles. The molecule has 0 amide bonds. The van der Waals surface area contributed by atoms with Gasteiger partial charge in [-0.15, -0.1) is 0 Å². The Morgan fingerprint density at radius 3 is 2.55 bits per heavy atom. The van der Waals surface area contributed by atoms with Gasteiger partial charge in [0.2, 0.25) is 10.0 Å². The molecule has 20 heavy (non-hydrogen) atoms. The second-order valence-corrected chi connectivity index (χ2v) is 5.69. The van der Waals surface area contributed by atoms with E-state index in [1.807, 2.05) is 0 Å². The Morgan fingerprint density at radius 2 is 1.95 bits per heavy atom. The molecule has 0 fully saturated rings. The van der Waals surface area contributed by atoms with E-state index >= 15 is 0 Å². The maximum absolute atomic E-state index is 11.4. The van der Waals surface area contributed by atoms with Crippen LogP contribution in [-0.2, 0) is 16.4 Å². The molecule has 0 saturated heterocycles. The number of anilines is 1. The maximum Gasteiger partial charge on any atom is 0.290 e. The van der Waals surface area contributed by atoms with Crippen LogP contribution in [0.5, 0.6) is 0 Å². The molecule has 0 saturated carbocycles. The van der Waals surface area contributed by atoms with Crippen LogP contribution in [0, 0.1) is 0 Å². The summed E-state index contributed by atoms with van der Waals surface area (Å²) in [5, 5.41) is 7.92. The van der Waals surface area contributed by atoms with E-state index in [9.17, 15) is 13.2 Å². The largest absolute Gasteiger partial charge is 0.365 e. The Kier molecular flexibility index (Phi) is 4.16. The number of rotatable bonds is 5. The van der Waals surface area contributed by atoms with Crippen LogP contribution < -0.4 is 16.0 Å². The summed E-state index contributed by atoms with van der Waals surface area (Å²) in [5.41, 5.74) is 0.648. The first-order valence-corrected chi connectivity index (χ1v) is 7.41. The van der Waals surface area contributed by atoms with Crippen molar-refractivity contribution in [3.05, 3.63) is 52.6 Å². The van der Waals surface area contributed by atoms with E-state index < -0.39 is 10.0 Å². The number of sulfonamides is 1. The van der Waals surface area contributed by atoms with Gasteiger partial charge in [-0.05, 0) is 24.1 Å². The van der Waals surface area contributed by atoms with Gasteiger partial charge in [0, 0.05) is 18.9 Å². The second-order valence-electron chi connectivity index (χ2n) is 4.13. The monoisotopic (exact) mass is 294 g/mol. The summed E-state index contributed by atoms with van der Waals surface area (Å²) >= 11 is 0. The summed E-state index contributed by atoms with van der Waals surface area (Å²) in [6, 6.07) is 6.28. The van der Waals surface area contributed by atoms with Gasteiger partial charge in [0.1, 0.15) is 0 Å². The minimum atomic E-state index is -3.66. The van der Waals surface area contributed by atoms with Gasteiger partial charge < -0.3 is 10.3 Å². The van der Waals surface area contributed by atoms with Gasteiger partial charge in [-0.1, -0.05) is 12.1 Å². The van der Waals surface area contributed by atoms with Crippen molar-refractivity contribution in [2.24, 2.45) is 5.14 Å². The highest BCUT2D eigenvalue weighted by molar-refractivity contribution is 7.89. The number of nitrogens with one attached hydrogen (secondary N) is 2. The Labute approximate surface area is 115 Å². The van der Waals surface area contributed by atoms with Crippen LogP contribution in [0.15, 0.2) is 46.3 Å². The van der Waals surface area contributed by atoms with Crippen LogP contribution in [0.2, 0.25) is 0 Å². The van der Waals surface area contributed by atoms with Crippen molar-refractivity contribution in [3.8, 4) is 0 Å². The van der Waals surface area contributed by atoms with Gasteiger partial charge in [0.25, 0.3) is 5.56 Å². The highest BCUT2D eigenvalue weighted by Crippen LogP contribution is 2.09. The van der Waals surface area contributed by atoms with E-state index in [2.05, 4.69) is 15.3 Å². The van der Waals surface area contributed by atoms with Gasteiger partial charge in [-0.2, -0.15) is 0 Å². The van der Waals surface area contributed by atoms with Crippen molar-refractivity contribution >= 4 is 15.8 Å². The van der Waals surface area contributed by atoms with Crippen molar-refractivity contribution in [2.75, 3.05) is 11.9 Å². The lowest BCUT2D eigenvalue weighted by Gasteiger charge is -2.05. The molecular formula is C12H14N4O3S. The molecule has 106 valence electrons. The SMILES string of the molecule is NS(=O)(=O)c1ccc(CCNc2ncc[nH]c2=O)cc1. The fraction of sp³-hybridized carbons (Fsp3) is 0.167. The molecule has 4 N–H and O–H groups in total. The molecule has 0 aliphatic carbocycles. The molecule has 1 heterocycles. The molecule has 0 atom stereocenters. The summed E-state index contributed by atoms with van der Waals surface area (Å²) in [7, 11) is -3.66. The summed E-state index contributed by atoms with van der Waals surface area (Å²) in [5.74, 6) is 0.258. The Morgan fingerprint density at radius 1 is 1.25 bits per heavy atom. The minimum Gasteiger partial charge on any atom is -0.365 e. The van der Waals surface area contributed by atoms with E-state index in [0.717, 1.165) is 5.56 Å². The number of nitrogens with two attached hydrogens (primary N) is 1. The van der Waals surface area contributed by atoms with Crippen LogP contribution in [0.4, 0.5) is 5.82 Å². The molecule has 8 heteroatoms. The Hall–Kier alpha value is -2.19. The number of aromatic amines is 1. The number of hydrogen-bond donors (Lipinski definition) is 3. The molecule has 2 aromatic rings. The van der Waals surface area contributed by atoms with E-state index in [-0.39, 0.29) is 16.3 Å². The quantitative estimate of drug-likeness (QED) is 0.721. The van der Waals surface area contributed by atoms with E-state index in [4.69, 9.17) is 5.14 Å². The molecule has 0 aliphatic rings. The predicted molar refractivity (Wildman–Crippen MR) is 74.9 cm³/mol. The van der Waals surface area contributed by atoms with E-state index in [1.54, 1.807) is 12.1 Å². The highest BCUT2D eigenvalue weighted by atomic mass is 32.2. The number of benzene rings is 1. The minimum absolute atomic E-state index is 0.0791. The summed E-state index contributed by atoms with van der Waals surface area (Å²) < 4.78 is 22.2.